The van der Waals surface area contributed by atoms with E-state index >= 15 is 0 Å². The highest BCUT2D eigenvalue weighted by Gasteiger charge is 2.17. The van der Waals surface area contributed by atoms with E-state index in [1.54, 1.807) is 26.6 Å². The Labute approximate surface area is 113 Å². The van der Waals surface area contributed by atoms with Crippen LogP contribution in [0.4, 0.5) is 5.69 Å². The summed E-state index contributed by atoms with van der Waals surface area (Å²) in [6.45, 7) is 2.45. The molecule has 1 aromatic carbocycles. The molecule has 0 spiro atoms. The van der Waals surface area contributed by atoms with Crippen molar-refractivity contribution < 1.29 is 14.3 Å². The first-order valence-corrected chi connectivity index (χ1v) is 6.20. The molecular formula is C15H19NO3. The zero-order valence-electron chi connectivity index (χ0n) is 11.5. The molecule has 2 rings (SSSR count). The summed E-state index contributed by atoms with van der Waals surface area (Å²) in [5.74, 6) is 0.701. The Hall–Kier alpha value is -1.94. The molecule has 4 nitrogen and oxygen atoms in total. The molecule has 1 heterocycles. The molecule has 0 bridgehead atoms. The quantitative estimate of drug-likeness (QED) is 0.898. The van der Waals surface area contributed by atoms with Crippen LogP contribution in [-0.4, -0.2) is 19.3 Å². The van der Waals surface area contributed by atoms with Crippen LogP contribution in [0.3, 0.4) is 0 Å². The molecule has 0 aliphatic carbocycles. The average Bonchev–Trinajstić information content (AvgIpc) is 2.90. The van der Waals surface area contributed by atoms with Crippen molar-refractivity contribution in [3.8, 4) is 5.75 Å². The molecule has 2 aromatic rings. The highest BCUT2D eigenvalue weighted by Crippen LogP contribution is 2.34. The van der Waals surface area contributed by atoms with Crippen LogP contribution in [0.2, 0.25) is 0 Å². The third kappa shape index (κ3) is 2.90. The van der Waals surface area contributed by atoms with Gasteiger partial charge in [-0.25, -0.2) is 0 Å². The second-order valence-electron chi connectivity index (χ2n) is 4.56. The van der Waals surface area contributed by atoms with E-state index in [-0.39, 0.29) is 0 Å². The van der Waals surface area contributed by atoms with Gasteiger partial charge in [0.05, 0.1) is 25.7 Å². The molecule has 0 amide bonds. The van der Waals surface area contributed by atoms with Crippen LogP contribution in [0.5, 0.6) is 5.75 Å². The summed E-state index contributed by atoms with van der Waals surface area (Å²) in [6.07, 6.45) is 2.79. The maximum Gasteiger partial charge on any atom is 0.126 e. The van der Waals surface area contributed by atoms with Crippen LogP contribution in [0.1, 0.15) is 24.2 Å². The standard InChI is InChI=1S/C15H19NO3/c1-11(17)15-13(5-4-6-14(15)18-3)16(2)9-12-7-8-19-10-12/h4-8,10-11,17H,9H2,1-3H3. The van der Waals surface area contributed by atoms with Gasteiger partial charge in [-0.3, -0.25) is 0 Å². The van der Waals surface area contributed by atoms with Gasteiger partial charge in [-0.2, -0.15) is 0 Å². The minimum Gasteiger partial charge on any atom is -0.496 e. The van der Waals surface area contributed by atoms with Crippen molar-refractivity contribution in [2.24, 2.45) is 0 Å². The zero-order chi connectivity index (χ0) is 13.8. The number of hydrogen-bond donors (Lipinski definition) is 1. The third-order valence-corrected chi connectivity index (χ3v) is 3.09. The SMILES string of the molecule is COc1cccc(N(C)Cc2ccoc2)c1C(C)O. The molecule has 0 aliphatic heterocycles. The van der Waals surface area contributed by atoms with E-state index in [1.807, 2.05) is 31.3 Å². The van der Waals surface area contributed by atoms with E-state index in [0.717, 1.165) is 16.8 Å². The summed E-state index contributed by atoms with van der Waals surface area (Å²) >= 11 is 0. The number of rotatable bonds is 5. The Bertz CT molecular complexity index is 520. The predicted molar refractivity (Wildman–Crippen MR) is 74.4 cm³/mol. The number of hydrogen-bond acceptors (Lipinski definition) is 4. The zero-order valence-corrected chi connectivity index (χ0v) is 11.5. The number of furan rings is 1. The van der Waals surface area contributed by atoms with Gasteiger partial charge in [-0.1, -0.05) is 6.07 Å². The van der Waals surface area contributed by atoms with Crippen molar-refractivity contribution in [2.75, 3.05) is 19.1 Å². The topological polar surface area (TPSA) is 45.8 Å². The van der Waals surface area contributed by atoms with Crippen LogP contribution < -0.4 is 9.64 Å². The molecule has 19 heavy (non-hydrogen) atoms. The number of methoxy groups -OCH3 is 1. The molecule has 1 atom stereocenters. The van der Waals surface area contributed by atoms with Crippen LogP contribution in [0.15, 0.2) is 41.2 Å². The van der Waals surface area contributed by atoms with Gasteiger partial charge in [0.2, 0.25) is 0 Å². The maximum atomic E-state index is 9.97. The van der Waals surface area contributed by atoms with Gasteiger partial charge in [-0.05, 0) is 25.1 Å². The molecule has 4 heteroatoms. The summed E-state index contributed by atoms with van der Waals surface area (Å²) in [6, 6.07) is 7.69. The van der Waals surface area contributed by atoms with Crippen molar-refractivity contribution >= 4 is 5.69 Å². The fourth-order valence-electron chi connectivity index (χ4n) is 2.20. The highest BCUT2D eigenvalue weighted by molar-refractivity contribution is 5.60. The van der Waals surface area contributed by atoms with Crippen LogP contribution in [0, 0.1) is 0 Å². The largest absolute Gasteiger partial charge is 0.496 e. The van der Waals surface area contributed by atoms with E-state index in [9.17, 15) is 5.11 Å². The van der Waals surface area contributed by atoms with Crippen LogP contribution in [0.25, 0.3) is 0 Å². The van der Waals surface area contributed by atoms with Gasteiger partial charge in [0.25, 0.3) is 0 Å². The molecule has 102 valence electrons. The maximum absolute atomic E-state index is 9.97. The molecular weight excluding hydrogens is 242 g/mol. The van der Waals surface area contributed by atoms with Gasteiger partial charge in [0.15, 0.2) is 0 Å². The second kappa shape index (κ2) is 5.80. The summed E-state index contributed by atoms with van der Waals surface area (Å²) in [5.41, 5.74) is 2.84. The lowest BCUT2D eigenvalue weighted by Gasteiger charge is -2.24. The minimum atomic E-state index is -0.585. The first-order chi connectivity index (χ1) is 9.13. The smallest absolute Gasteiger partial charge is 0.126 e. The fourth-order valence-corrected chi connectivity index (χ4v) is 2.20. The van der Waals surface area contributed by atoms with E-state index in [0.29, 0.717) is 12.3 Å². The molecule has 1 unspecified atom stereocenters. The lowest BCUT2D eigenvalue weighted by molar-refractivity contribution is 0.194. The minimum absolute atomic E-state index is 0.585. The Morgan fingerprint density at radius 2 is 2.16 bits per heavy atom. The summed E-state index contributed by atoms with van der Waals surface area (Å²) in [4.78, 5) is 2.06. The molecule has 0 saturated carbocycles. The molecule has 1 aromatic heterocycles. The van der Waals surface area contributed by atoms with Gasteiger partial charge < -0.3 is 19.2 Å². The predicted octanol–water partition coefficient (Wildman–Crippen LogP) is 2.98. The van der Waals surface area contributed by atoms with Gasteiger partial charge in [0, 0.05) is 30.4 Å². The lowest BCUT2D eigenvalue weighted by Crippen LogP contribution is -2.18. The summed E-state index contributed by atoms with van der Waals surface area (Å²) in [5, 5.41) is 9.97. The number of aliphatic hydroxyl groups is 1. The first kappa shape index (κ1) is 13.5. The third-order valence-electron chi connectivity index (χ3n) is 3.09. The number of nitrogens with zero attached hydrogens (tertiary/aromatic N) is 1. The second-order valence-corrected chi connectivity index (χ2v) is 4.56. The van der Waals surface area contributed by atoms with Crippen molar-refractivity contribution in [3.63, 3.8) is 0 Å². The fraction of sp³-hybridized carbons (Fsp3) is 0.333. The molecule has 0 radical (unpaired) electrons. The van der Waals surface area contributed by atoms with Crippen molar-refractivity contribution in [2.45, 2.75) is 19.6 Å². The van der Waals surface area contributed by atoms with E-state index < -0.39 is 6.10 Å². The number of ether oxygens (including phenoxy) is 1. The Kier molecular flexibility index (Phi) is 4.12. The molecule has 0 aliphatic rings. The van der Waals surface area contributed by atoms with Gasteiger partial charge in [0.1, 0.15) is 5.75 Å². The number of benzene rings is 1. The van der Waals surface area contributed by atoms with Gasteiger partial charge >= 0.3 is 0 Å². The number of anilines is 1. The van der Waals surface area contributed by atoms with Crippen LogP contribution >= 0.6 is 0 Å². The monoisotopic (exact) mass is 261 g/mol. The van der Waals surface area contributed by atoms with E-state index in [1.165, 1.54) is 0 Å². The van der Waals surface area contributed by atoms with Crippen molar-refractivity contribution in [1.82, 2.24) is 0 Å². The van der Waals surface area contributed by atoms with E-state index in [2.05, 4.69) is 4.90 Å². The Morgan fingerprint density at radius 1 is 1.37 bits per heavy atom. The summed E-state index contributed by atoms with van der Waals surface area (Å²) in [7, 11) is 3.59. The molecule has 0 saturated heterocycles. The van der Waals surface area contributed by atoms with Crippen molar-refractivity contribution in [1.29, 1.82) is 0 Å². The van der Waals surface area contributed by atoms with Crippen molar-refractivity contribution in [3.05, 3.63) is 47.9 Å². The average molecular weight is 261 g/mol. The number of aliphatic hydroxyl groups excluding tert-OH is 1. The van der Waals surface area contributed by atoms with Crippen LogP contribution in [-0.2, 0) is 6.54 Å². The lowest BCUT2D eigenvalue weighted by atomic mass is 10.1. The Morgan fingerprint density at radius 3 is 2.74 bits per heavy atom. The van der Waals surface area contributed by atoms with E-state index in [4.69, 9.17) is 9.15 Å². The van der Waals surface area contributed by atoms with Gasteiger partial charge in [-0.15, -0.1) is 0 Å². The Balaban J connectivity index is 2.32. The highest BCUT2D eigenvalue weighted by atomic mass is 16.5. The molecule has 1 N–H and O–H groups in total. The summed E-state index contributed by atoms with van der Waals surface area (Å²) < 4.78 is 10.4. The molecule has 0 fully saturated rings. The first-order valence-electron chi connectivity index (χ1n) is 6.20. The normalized spacial score (nSPS) is 12.2.